The SMILES string of the molecule is CCCCCCC/C=C\C/C=C\C/C=C\CCCCCCCCCCCCCCCCCCCCCCC(=O)NC(CO)C(O)/C=C/CC/C=C/CCCCCCCCCCCCCCCCCCCCCCCC. The summed E-state index contributed by atoms with van der Waals surface area (Å²) in [5.74, 6) is -0.0681. The van der Waals surface area contributed by atoms with Crippen LogP contribution in [0.15, 0.2) is 60.8 Å². The molecule has 440 valence electrons. The first-order valence-electron chi connectivity index (χ1n) is 34.0. The minimum Gasteiger partial charge on any atom is -0.394 e. The number of carbonyl (C=O) groups excluding carboxylic acids is 1. The van der Waals surface area contributed by atoms with Crippen molar-refractivity contribution in [2.75, 3.05) is 6.61 Å². The summed E-state index contributed by atoms with van der Waals surface area (Å²) in [7, 11) is 0. The molecule has 0 aromatic carbocycles. The maximum Gasteiger partial charge on any atom is 0.220 e. The fraction of sp³-hybridized carbons (Fsp3) is 0.845. The molecule has 0 aliphatic heterocycles. The van der Waals surface area contributed by atoms with Gasteiger partial charge in [-0.15, -0.1) is 0 Å². The maximum absolute atomic E-state index is 12.5. The van der Waals surface area contributed by atoms with Crippen molar-refractivity contribution in [3.8, 4) is 0 Å². The van der Waals surface area contributed by atoms with Crippen molar-refractivity contribution in [1.29, 1.82) is 0 Å². The maximum atomic E-state index is 12.5. The fourth-order valence-electron chi connectivity index (χ4n) is 10.6. The van der Waals surface area contributed by atoms with Gasteiger partial charge < -0.3 is 15.5 Å². The molecule has 0 aromatic heterocycles. The molecular formula is C71H133NO3. The van der Waals surface area contributed by atoms with Gasteiger partial charge in [-0.1, -0.05) is 351 Å². The Hall–Kier alpha value is -1.91. The van der Waals surface area contributed by atoms with Gasteiger partial charge in [-0.2, -0.15) is 0 Å². The second kappa shape index (κ2) is 66.4. The lowest BCUT2D eigenvalue weighted by Crippen LogP contribution is -2.45. The quantitative estimate of drug-likeness (QED) is 0.0420. The molecule has 2 unspecified atom stereocenters. The molecule has 0 radical (unpaired) electrons. The van der Waals surface area contributed by atoms with E-state index in [1.807, 2.05) is 6.08 Å². The number of rotatable bonds is 63. The van der Waals surface area contributed by atoms with Crippen LogP contribution in [0, 0.1) is 0 Å². The molecule has 0 saturated carbocycles. The molecule has 0 saturated heterocycles. The summed E-state index contributed by atoms with van der Waals surface area (Å²) in [5, 5.41) is 23.3. The Morgan fingerprint density at radius 2 is 0.560 bits per heavy atom. The third kappa shape index (κ3) is 62.8. The van der Waals surface area contributed by atoms with E-state index in [0.29, 0.717) is 6.42 Å². The van der Waals surface area contributed by atoms with Crippen LogP contribution < -0.4 is 5.32 Å². The van der Waals surface area contributed by atoms with Gasteiger partial charge in [-0.05, 0) is 70.6 Å². The number of carbonyl (C=O) groups is 1. The lowest BCUT2D eigenvalue weighted by Gasteiger charge is -2.19. The Morgan fingerprint density at radius 1 is 0.320 bits per heavy atom. The highest BCUT2D eigenvalue weighted by molar-refractivity contribution is 5.76. The number of unbranched alkanes of at least 4 members (excludes halogenated alkanes) is 48. The third-order valence-electron chi connectivity index (χ3n) is 15.7. The Kier molecular flexibility index (Phi) is 64.7. The summed E-state index contributed by atoms with van der Waals surface area (Å²) < 4.78 is 0. The Bertz CT molecular complexity index is 1230. The van der Waals surface area contributed by atoms with Gasteiger partial charge in [0.25, 0.3) is 0 Å². The number of allylic oxidation sites excluding steroid dienone is 9. The van der Waals surface area contributed by atoms with Crippen LogP contribution in [-0.4, -0.2) is 34.9 Å². The van der Waals surface area contributed by atoms with Crippen LogP contribution >= 0.6 is 0 Å². The van der Waals surface area contributed by atoms with Crippen LogP contribution in [0.4, 0.5) is 0 Å². The normalized spacial score (nSPS) is 13.1. The van der Waals surface area contributed by atoms with Gasteiger partial charge in [-0.25, -0.2) is 0 Å². The highest BCUT2D eigenvalue weighted by Gasteiger charge is 2.18. The van der Waals surface area contributed by atoms with Gasteiger partial charge in [0, 0.05) is 6.42 Å². The molecule has 0 aliphatic carbocycles. The molecule has 2 atom stereocenters. The van der Waals surface area contributed by atoms with E-state index < -0.39 is 12.1 Å². The van der Waals surface area contributed by atoms with Crippen molar-refractivity contribution in [2.24, 2.45) is 0 Å². The molecule has 0 heterocycles. The Balaban J connectivity index is 3.47. The summed E-state index contributed by atoms with van der Waals surface area (Å²) >= 11 is 0. The smallest absolute Gasteiger partial charge is 0.220 e. The second-order valence-electron chi connectivity index (χ2n) is 23.2. The van der Waals surface area contributed by atoms with Crippen molar-refractivity contribution < 1.29 is 15.0 Å². The minimum absolute atomic E-state index is 0.0681. The molecule has 0 bridgehead atoms. The highest BCUT2D eigenvalue weighted by Crippen LogP contribution is 2.18. The Morgan fingerprint density at radius 3 is 0.867 bits per heavy atom. The molecule has 75 heavy (non-hydrogen) atoms. The van der Waals surface area contributed by atoms with Crippen molar-refractivity contribution in [3.05, 3.63) is 60.8 Å². The topological polar surface area (TPSA) is 69.6 Å². The molecule has 0 fully saturated rings. The van der Waals surface area contributed by atoms with E-state index in [4.69, 9.17) is 0 Å². The van der Waals surface area contributed by atoms with Gasteiger partial charge in [0.05, 0.1) is 18.8 Å². The zero-order chi connectivity index (χ0) is 54.1. The van der Waals surface area contributed by atoms with Crippen LogP contribution in [0.3, 0.4) is 0 Å². The Labute approximate surface area is 470 Å². The zero-order valence-electron chi connectivity index (χ0n) is 50.8. The number of hydrogen-bond donors (Lipinski definition) is 3. The van der Waals surface area contributed by atoms with Crippen LogP contribution in [0.1, 0.15) is 367 Å². The first kappa shape index (κ1) is 73.1. The van der Waals surface area contributed by atoms with E-state index in [2.05, 4.69) is 67.8 Å². The average Bonchev–Trinajstić information content (AvgIpc) is 3.41. The number of aliphatic hydroxyl groups is 2. The van der Waals surface area contributed by atoms with Crippen molar-refractivity contribution in [3.63, 3.8) is 0 Å². The fourth-order valence-corrected chi connectivity index (χ4v) is 10.6. The summed E-state index contributed by atoms with van der Waals surface area (Å²) in [6.45, 7) is 4.32. The van der Waals surface area contributed by atoms with Gasteiger partial charge in [0.2, 0.25) is 5.91 Å². The van der Waals surface area contributed by atoms with Crippen molar-refractivity contribution >= 4 is 5.91 Å². The number of nitrogens with one attached hydrogen (secondary N) is 1. The lowest BCUT2D eigenvalue weighted by atomic mass is 10.0. The average molecular weight is 1050 g/mol. The standard InChI is InChI=1S/C71H133NO3/c1-3-5-7-9-11-13-15-17-19-21-23-25-27-29-31-33-34-35-36-37-38-39-41-43-45-47-49-51-53-55-57-59-61-63-65-67-71(75)72-69(68-73)70(74)66-64-62-60-58-56-54-52-50-48-46-44-42-40-32-30-28-26-24-22-20-18-16-14-12-10-8-6-4-2/h15,17,21,23,27,29,56,58,64,66,69-70,73-74H,3-14,16,18-20,22,24-26,28,30-55,57,59-63,65,67-68H2,1-2H3,(H,72,75)/b17-15-,23-21-,29-27-,58-56+,66-64+. The molecule has 4 nitrogen and oxygen atoms in total. The zero-order valence-corrected chi connectivity index (χ0v) is 50.8. The summed E-state index contributed by atoms with van der Waals surface area (Å²) in [6.07, 6.45) is 94.4. The van der Waals surface area contributed by atoms with Gasteiger partial charge >= 0.3 is 0 Å². The molecule has 0 rings (SSSR count). The van der Waals surface area contributed by atoms with Crippen LogP contribution in [0.2, 0.25) is 0 Å². The monoisotopic (exact) mass is 1050 g/mol. The molecule has 0 aliphatic rings. The number of amides is 1. The summed E-state index contributed by atoms with van der Waals surface area (Å²) in [4.78, 5) is 12.5. The molecule has 4 heteroatoms. The van der Waals surface area contributed by atoms with E-state index in [0.717, 1.165) is 44.9 Å². The van der Waals surface area contributed by atoms with Crippen molar-refractivity contribution in [2.45, 2.75) is 379 Å². The van der Waals surface area contributed by atoms with E-state index in [1.54, 1.807) is 6.08 Å². The molecule has 0 aromatic rings. The molecule has 3 N–H and O–H groups in total. The predicted octanol–water partition coefficient (Wildman–Crippen LogP) is 23.1. The van der Waals surface area contributed by atoms with E-state index in [9.17, 15) is 15.0 Å². The summed E-state index contributed by atoms with van der Waals surface area (Å²) in [6, 6.07) is -0.641. The van der Waals surface area contributed by atoms with Crippen LogP contribution in [0.25, 0.3) is 0 Å². The predicted molar refractivity (Wildman–Crippen MR) is 336 cm³/mol. The van der Waals surface area contributed by atoms with Crippen LogP contribution in [-0.2, 0) is 4.79 Å². The first-order chi connectivity index (χ1) is 37.2. The molecular weight excluding hydrogens is 915 g/mol. The third-order valence-corrected chi connectivity index (χ3v) is 15.7. The summed E-state index contributed by atoms with van der Waals surface area (Å²) in [5.41, 5.74) is 0. The highest BCUT2D eigenvalue weighted by atomic mass is 16.3. The van der Waals surface area contributed by atoms with E-state index >= 15 is 0 Å². The molecule has 1 amide bonds. The van der Waals surface area contributed by atoms with E-state index in [-0.39, 0.29) is 12.5 Å². The second-order valence-corrected chi connectivity index (χ2v) is 23.2. The van der Waals surface area contributed by atoms with Crippen molar-refractivity contribution in [1.82, 2.24) is 5.32 Å². The molecule has 0 spiro atoms. The van der Waals surface area contributed by atoms with Gasteiger partial charge in [-0.3, -0.25) is 4.79 Å². The number of aliphatic hydroxyl groups excluding tert-OH is 2. The number of hydrogen-bond acceptors (Lipinski definition) is 3. The minimum atomic E-state index is -0.864. The largest absolute Gasteiger partial charge is 0.394 e. The van der Waals surface area contributed by atoms with Gasteiger partial charge in [0.1, 0.15) is 0 Å². The van der Waals surface area contributed by atoms with Crippen LogP contribution in [0.5, 0.6) is 0 Å². The lowest BCUT2D eigenvalue weighted by molar-refractivity contribution is -0.123. The van der Waals surface area contributed by atoms with Gasteiger partial charge in [0.15, 0.2) is 0 Å². The van der Waals surface area contributed by atoms with E-state index in [1.165, 1.54) is 302 Å². The first-order valence-corrected chi connectivity index (χ1v) is 34.0.